The molecule has 0 spiro atoms. The maximum Gasteiger partial charge on any atom is 0.416 e. The normalized spacial score (nSPS) is 11.4. The van der Waals surface area contributed by atoms with Crippen LogP contribution in [0.1, 0.15) is 35.7 Å². The predicted octanol–water partition coefficient (Wildman–Crippen LogP) is 3.58. The molecule has 0 saturated carbocycles. The topological polar surface area (TPSA) is 20.3 Å². The monoisotopic (exact) mass is 259 g/mol. The fraction of sp³-hybridized carbons (Fsp3) is 0.462. The van der Waals surface area contributed by atoms with Crippen LogP contribution in [0.4, 0.5) is 13.2 Å². The third-order valence-corrected chi connectivity index (χ3v) is 2.63. The number of rotatable bonds is 4. The summed E-state index contributed by atoms with van der Waals surface area (Å²) < 4.78 is 37.5. The van der Waals surface area contributed by atoms with E-state index in [-0.39, 0.29) is 11.5 Å². The van der Waals surface area contributed by atoms with Gasteiger partial charge in [0.2, 0.25) is 0 Å². The number of nitrogens with zero attached hydrogens (tertiary/aromatic N) is 1. The van der Waals surface area contributed by atoms with Crippen LogP contribution in [0.2, 0.25) is 0 Å². The van der Waals surface area contributed by atoms with Crippen molar-refractivity contribution in [3.05, 3.63) is 35.4 Å². The van der Waals surface area contributed by atoms with Gasteiger partial charge in [-0.1, -0.05) is 19.4 Å². The van der Waals surface area contributed by atoms with Crippen LogP contribution in [0.5, 0.6) is 0 Å². The fourth-order valence-corrected chi connectivity index (χ4v) is 1.55. The number of halogens is 3. The maximum atomic E-state index is 12.5. The maximum absolute atomic E-state index is 12.5. The lowest BCUT2D eigenvalue weighted by Crippen LogP contribution is -2.27. The Morgan fingerprint density at radius 3 is 2.56 bits per heavy atom. The average molecular weight is 259 g/mol. The number of hydrogen-bond donors (Lipinski definition) is 0. The molecule has 18 heavy (non-hydrogen) atoms. The molecule has 0 aliphatic heterocycles. The number of carbonyl (C=O) groups is 1. The predicted molar refractivity (Wildman–Crippen MR) is 63.3 cm³/mol. The minimum absolute atomic E-state index is 0.0726. The zero-order valence-corrected chi connectivity index (χ0v) is 10.4. The quantitative estimate of drug-likeness (QED) is 0.809. The van der Waals surface area contributed by atoms with Crippen molar-refractivity contribution in [2.45, 2.75) is 25.9 Å². The lowest BCUT2D eigenvalue weighted by molar-refractivity contribution is -0.137. The molecule has 2 nitrogen and oxygen atoms in total. The molecule has 0 aromatic heterocycles. The summed E-state index contributed by atoms with van der Waals surface area (Å²) in [5.41, 5.74) is -0.722. The lowest BCUT2D eigenvalue weighted by Gasteiger charge is -2.17. The van der Waals surface area contributed by atoms with Crippen LogP contribution in [-0.4, -0.2) is 24.4 Å². The van der Waals surface area contributed by atoms with Crippen molar-refractivity contribution in [1.82, 2.24) is 4.90 Å². The van der Waals surface area contributed by atoms with E-state index in [0.29, 0.717) is 6.54 Å². The van der Waals surface area contributed by atoms with Gasteiger partial charge in [0.25, 0.3) is 5.91 Å². The van der Waals surface area contributed by atoms with Crippen LogP contribution in [0.25, 0.3) is 0 Å². The molecule has 5 heteroatoms. The van der Waals surface area contributed by atoms with Gasteiger partial charge in [-0.2, -0.15) is 13.2 Å². The van der Waals surface area contributed by atoms with Gasteiger partial charge in [-0.15, -0.1) is 0 Å². The van der Waals surface area contributed by atoms with Crippen LogP contribution in [-0.2, 0) is 6.18 Å². The number of carbonyl (C=O) groups excluding carboxylic acids is 1. The average Bonchev–Trinajstić information content (AvgIpc) is 2.34. The van der Waals surface area contributed by atoms with E-state index in [1.807, 2.05) is 6.92 Å². The summed E-state index contributed by atoms with van der Waals surface area (Å²) in [6.45, 7) is 2.54. The first-order valence-electron chi connectivity index (χ1n) is 5.79. The third kappa shape index (κ3) is 3.75. The minimum Gasteiger partial charge on any atom is -0.342 e. The summed E-state index contributed by atoms with van der Waals surface area (Å²) in [7, 11) is 1.60. The van der Waals surface area contributed by atoms with Crippen molar-refractivity contribution in [3.8, 4) is 0 Å². The van der Waals surface area contributed by atoms with Crippen molar-refractivity contribution in [1.29, 1.82) is 0 Å². The highest BCUT2D eigenvalue weighted by Gasteiger charge is 2.31. The number of hydrogen-bond acceptors (Lipinski definition) is 1. The summed E-state index contributed by atoms with van der Waals surface area (Å²) >= 11 is 0. The summed E-state index contributed by atoms with van der Waals surface area (Å²) in [4.78, 5) is 13.3. The first-order valence-corrected chi connectivity index (χ1v) is 5.79. The second-order valence-corrected chi connectivity index (χ2v) is 4.16. The summed E-state index contributed by atoms with van der Waals surface area (Å²) in [5, 5.41) is 0. The van der Waals surface area contributed by atoms with Crippen molar-refractivity contribution >= 4 is 5.91 Å². The van der Waals surface area contributed by atoms with E-state index in [1.165, 1.54) is 17.0 Å². The lowest BCUT2D eigenvalue weighted by atomic mass is 10.1. The van der Waals surface area contributed by atoms with Crippen LogP contribution in [0, 0.1) is 0 Å². The number of unbranched alkanes of at least 4 members (excludes halogenated alkanes) is 1. The van der Waals surface area contributed by atoms with Crippen LogP contribution < -0.4 is 0 Å². The number of amides is 1. The van der Waals surface area contributed by atoms with Gasteiger partial charge in [-0.05, 0) is 24.6 Å². The molecule has 0 bridgehead atoms. The first-order chi connectivity index (χ1) is 8.36. The van der Waals surface area contributed by atoms with E-state index < -0.39 is 11.7 Å². The standard InChI is InChI=1S/C13H16F3NO/c1-3-4-8-17(2)12(18)10-6-5-7-11(9-10)13(14,15)16/h5-7,9H,3-4,8H2,1-2H3. The SMILES string of the molecule is CCCCN(C)C(=O)c1cccc(C(F)(F)F)c1. The second kappa shape index (κ2) is 5.89. The number of benzene rings is 1. The smallest absolute Gasteiger partial charge is 0.342 e. The van der Waals surface area contributed by atoms with E-state index in [2.05, 4.69) is 0 Å². The Morgan fingerprint density at radius 2 is 2.00 bits per heavy atom. The second-order valence-electron chi connectivity index (χ2n) is 4.16. The van der Waals surface area contributed by atoms with E-state index in [0.717, 1.165) is 25.0 Å². The molecule has 0 aliphatic carbocycles. The third-order valence-electron chi connectivity index (χ3n) is 2.63. The molecule has 100 valence electrons. The largest absolute Gasteiger partial charge is 0.416 e. The van der Waals surface area contributed by atoms with Gasteiger partial charge in [0.15, 0.2) is 0 Å². The highest BCUT2D eigenvalue weighted by Crippen LogP contribution is 2.29. The molecule has 1 rings (SSSR count). The summed E-state index contributed by atoms with van der Waals surface area (Å²) in [5.74, 6) is -0.380. The van der Waals surface area contributed by atoms with Crippen LogP contribution in [0.15, 0.2) is 24.3 Å². The Balaban J connectivity index is 2.87. The van der Waals surface area contributed by atoms with Crippen molar-refractivity contribution in [3.63, 3.8) is 0 Å². The molecular weight excluding hydrogens is 243 g/mol. The highest BCUT2D eigenvalue weighted by atomic mass is 19.4. The van der Waals surface area contributed by atoms with Crippen molar-refractivity contribution in [2.24, 2.45) is 0 Å². The zero-order chi connectivity index (χ0) is 13.8. The molecule has 0 atom stereocenters. The fourth-order valence-electron chi connectivity index (χ4n) is 1.55. The van der Waals surface area contributed by atoms with Gasteiger partial charge in [-0.3, -0.25) is 4.79 Å². The van der Waals surface area contributed by atoms with E-state index >= 15 is 0 Å². The molecule has 0 aliphatic rings. The molecule has 0 fully saturated rings. The molecule has 0 heterocycles. The first kappa shape index (κ1) is 14.5. The molecule has 0 radical (unpaired) electrons. The van der Waals surface area contributed by atoms with Crippen LogP contribution in [0.3, 0.4) is 0 Å². The molecule has 1 aromatic rings. The Morgan fingerprint density at radius 1 is 1.33 bits per heavy atom. The van der Waals surface area contributed by atoms with Gasteiger partial charge in [-0.25, -0.2) is 0 Å². The molecule has 0 unspecified atom stereocenters. The Hall–Kier alpha value is -1.52. The summed E-state index contributed by atoms with van der Waals surface area (Å²) in [6, 6.07) is 4.51. The minimum atomic E-state index is -4.42. The molecule has 0 N–H and O–H groups in total. The highest BCUT2D eigenvalue weighted by molar-refractivity contribution is 5.94. The van der Waals surface area contributed by atoms with Crippen molar-refractivity contribution < 1.29 is 18.0 Å². The van der Waals surface area contributed by atoms with Gasteiger partial charge in [0.1, 0.15) is 0 Å². The van der Waals surface area contributed by atoms with Gasteiger partial charge >= 0.3 is 6.18 Å². The molecule has 0 saturated heterocycles. The zero-order valence-electron chi connectivity index (χ0n) is 10.4. The van der Waals surface area contributed by atoms with Gasteiger partial charge in [0, 0.05) is 19.2 Å². The summed E-state index contributed by atoms with van der Waals surface area (Å²) in [6.07, 6.45) is -2.65. The molecule has 1 aromatic carbocycles. The van der Waals surface area contributed by atoms with E-state index in [4.69, 9.17) is 0 Å². The molecule has 1 amide bonds. The Kier molecular flexibility index (Phi) is 4.76. The van der Waals surface area contributed by atoms with Gasteiger partial charge in [0.05, 0.1) is 5.56 Å². The van der Waals surface area contributed by atoms with Crippen molar-refractivity contribution in [2.75, 3.05) is 13.6 Å². The Bertz CT molecular complexity index is 415. The van der Waals surface area contributed by atoms with Crippen LogP contribution >= 0.6 is 0 Å². The van der Waals surface area contributed by atoms with E-state index in [1.54, 1.807) is 7.05 Å². The van der Waals surface area contributed by atoms with Gasteiger partial charge < -0.3 is 4.90 Å². The van der Waals surface area contributed by atoms with E-state index in [9.17, 15) is 18.0 Å². The number of alkyl halides is 3. The Labute approximate surface area is 104 Å². The molecular formula is C13H16F3NO.